The molecule has 2 saturated heterocycles. The molecule has 0 radical (unpaired) electrons. The maximum absolute atomic E-state index is 15.4. The van der Waals surface area contributed by atoms with Crippen LogP contribution in [0, 0.1) is 5.82 Å². The molecule has 1 N–H and O–H groups in total. The molecule has 4 nitrogen and oxygen atoms in total. The van der Waals surface area contributed by atoms with Gasteiger partial charge in [-0.05, 0) is 51.8 Å². The van der Waals surface area contributed by atoms with Crippen LogP contribution in [0.4, 0.5) is 8.78 Å². The average Bonchev–Trinajstić information content (AvgIpc) is 3.05. The Balaban J connectivity index is 1.93. The predicted molar refractivity (Wildman–Crippen MR) is 97.6 cm³/mol. The minimum atomic E-state index is -1.10. The Morgan fingerprint density at radius 1 is 1.19 bits per heavy atom. The van der Waals surface area contributed by atoms with E-state index in [1.165, 1.54) is 12.1 Å². The van der Waals surface area contributed by atoms with E-state index in [4.69, 9.17) is 9.31 Å². The van der Waals surface area contributed by atoms with E-state index in [0.29, 0.717) is 37.2 Å². The molecule has 2 fully saturated rings. The van der Waals surface area contributed by atoms with Crippen molar-refractivity contribution in [3.8, 4) is 0 Å². The molecule has 1 atom stereocenters. The number of hydrogen-bond acceptors (Lipinski definition) is 4. The first-order valence-corrected chi connectivity index (χ1v) is 8.99. The molecule has 0 aliphatic carbocycles. The zero-order valence-electron chi connectivity index (χ0n) is 15.8. The molecular formula is C19H26BF2NO3. The zero-order valence-corrected chi connectivity index (χ0v) is 15.8. The highest BCUT2D eigenvalue weighted by molar-refractivity contribution is 6.55. The summed E-state index contributed by atoms with van der Waals surface area (Å²) in [5, 5.41) is 9.76. The lowest BCUT2D eigenvalue weighted by Gasteiger charge is -2.32. The fourth-order valence-corrected chi connectivity index (χ4v) is 3.22. The molecule has 2 heterocycles. The van der Waals surface area contributed by atoms with Gasteiger partial charge in [0.15, 0.2) is 0 Å². The monoisotopic (exact) mass is 365 g/mol. The van der Waals surface area contributed by atoms with Crippen LogP contribution in [0.3, 0.4) is 0 Å². The van der Waals surface area contributed by atoms with Gasteiger partial charge in [-0.1, -0.05) is 12.1 Å². The number of hydrogen-bond donors (Lipinski definition) is 1. The minimum absolute atomic E-state index is 0.304. The second-order valence-corrected chi connectivity index (χ2v) is 8.10. The van der Waals surface area contributed by atoms with Crippen molar-refractivity contribution < 1.29 is 23.2 Å². The highest BCUT2D eigenvalue weighted by Crippen LogP contribution is 2.40. The normalized spacial score (nSPS) is 26.3. The Morgan fingerprint density at radius 2 is 1.77 bits per heavy atom. The van der Waals surface area contributed by atoms with Crippen molar-refractivity contribution in [2.45, 2.75) is 51.4 Å². The molecule has 142 valence electrons. The van der Waals surface area contributed by atoms with E-state index < -0.39 is 30.2 Å². The topological polar surface area (TPSA) is 41.9 Å². The van der Waals surface area contributed by atoms with Crippen LogP contribution in [0.25, 0.3) is 5.57 Å². The third-order valence-corrected chi connectivity index (χ3v) is 5.57. The maximum atomic E-state index is 15.4. The van der Waals surface area contributed by atoms with Crippen LogP contribution in [0.5, 0.6) is 0 Å². The molecule has 0 spiro atoms. The predicted octanol–water partition coefficient (Wildman–Crippen LogP) is 3.20. The van der Waals surface area contributed by atoms with Gasteiger partial charge in [0.25, 0.3) is 0 Å². The summed E-state index contributed by atoms with van der Waals surface area (Å²) >= 11 is 0. The van der Waals surface area contributed by atoms with Crippen LogP contribution in [0.15, 0.2) is 30.0 Å². The van der Waals surface area contributed by atoms with Crippen LogP contribution in [0.1, 0.15) is 39.7 Å². The Morgan fingerprint density at radius 3 is 2.27 bits per heavy atom. The van der Waals surface area contributed by atoms with Gasteiger partial charge >= 0.3 is 7.12 Å². The van der Waals surface area contributed by atoms with Crippen molar-refractivity contribution in [2.75, 3.05) is 19.6 Å². The summed E-state index contributed by atoms with van der Waals surface area (Å²) < 4.78 is 40.4. The lowest BCUT2D eigenvalue weighted by Crippen LogP contribution is -2.41. The standard InChI is InChI=1S/C19H26BF2NO3/c1-18(2)19(3,4)26-20(25-18)17(22)16(12-23-10-9-15(24)11-23)13-5-7-14(21)8-6-13/h5-8,15,24H,9-12H2,1-4H3. The molecule has 0 bridgehead atoms. The van der Waals surface area contributed by atoms with Crippen molar-refractivity contribution in [2.24, 2.45) is 0 Å². The Bertz CT molecular complexity index is 675. The van der Waals surface area contributed by atoms with Gasteiger partial charge in [-0.2, -0.15) is 0 Å². The first-order valence-electron chi connectivity index (χ1n) is 8.99. The second-order valence-electron chi connectivity index (χ2n) is 8.10. The van der Waals surface area contributed by atoms with E-state index in [9.17, 15) is 9.50 Å². The highest BCUT2D eigenvalue weighted by Gasteiger charge is 2.53. The number of aliphatic hydroxyl groups is 1. The summed E-state index contributed by atoms with van der Waals surface area (Å²) in [7, 11) is -1.10. The number of nitrogens with zero attached hydrogens (tertiary/aromatic N) is 1. The molecule has 26 heavy (non-hydrogen) atoms. The summed E-state index contributed by atoms with van der Waals surface area (Å²) in [6, 6.07) is 5.74. The van der Waals surface area contributed by atoms with Gasteiger partial charge in [-0.25, -0.2) is 8.78 Å². The number of β-amino-alcohol motifs (C(OH)–C–C–N with tert-alkyl or cyclic N) is 1. The second kappa shape index (κ2) is 7.04. The largest absolute Gasteiger partial charge is 0.525 e. The van der Waals surface area contributed by atoms with Crippen LogP contribution >= 0.6 is 0 Å². The van der Waals surface area contributed by atoms with Crippen molar-refractivity contribution in [1.29, 1.82) is 0 Å². The molecule has 1 aromatic rings. The maximum Gasteiger partial charge on any atom is 0.525 e. The lowest BCUT2D eigenvalue weighted by atomic mass is 9.82. The van der Waals surface area contributed by atoms with Crippen LogP contribution < -0.4 is 0 Å². The quantitative estimate of drug-likeness (QED) is 0.833. The third-order valence-electron chi connectivity index (χ3n) is 5.57. The number of rotatable bonds is 4. The summed E-state index contributed by atoms with van der Waals surface area (Å²) in [5.74, 6) is -0.374. The summed E-state index contributed by atoms with van der Waals surface area (Å²) in [4.78, 5) is 1.98. The van der Waals surface area contributed by atoms with E-state index in [2.05, 4.69) is 0 Å². The van der Waals surface area contributed by atoms with E-state index >= 15 is 4.39 Å². The van der Waals surface area contributed by atoms with Crippen molar-refractivity contribution in [1.82, 2.24) is 4.90 Å². The first kappa shape index (κ1) is 19.5. The lowest BCUT2D eigenvalue weighted by molar-refractivity contribution is 0.00578. The van der Waals surface area contributed by atoms with Gasteiger partial charge < -0.3 is 14.4 Å². The zero-order chi connectivity index (χ0) is 19.1. The molecular weight excluding hydrogens is 339 g/mol. The van der Waals surface area contributed by atoms with E-state index in [1.54, 1.807) is 12.1 Å². The SMILES string of the molecule is CC1(C)OB(C(F)=C(CN2CCC(O)C2)c2ccc(F)cc2)OC1(C)C. The minimum Gasteiger partial charge on any atom is -0.398 e. The van der Waals surface area contributed by atoms with E-state index in [0.717, 1.165) is 0 Å². The summed E-state index contributed by atoms with van der Waals surface area (Å²) in [6.07, 6.45) is 0.263. The summed E-state index contributed by atoms with van der Waals surface area (Å²) in [5.41, 5.74) is -0.811. The smallest absolute Gasteiger partial charge is 0.398 e. The van der Waals surface area contributed by atoms with Crippen LogP contribution in [-0.2, 0) is 9.31 Å². The van der Waals surface area contributed by atoms with Gasteiger partial charge in [0.2, 0.25) is 0 Å². The van der Waals surface area contributed by atoms with Gasteiger partial charge in [-0.3, -0.25) is 4.90 Å². The van der Waals surface area contributed by atoms with Gasteiger partial charge in [0, 0.05) is 25.2 Å². The molecule has 7 heteroatoms. The number of likely N-dealkylation sites (tertiary alicyclic amines) is 1. The summed E-state index contributed by atoms with van der Waals surface area (Å²) in [6.45, 7) is 8.95. The van der Waals surface area contributed by atoms with Crippen LogP contribution in [0.2, 0.25) is 0 Å². The average molecular weight is 365 g/mol. The van der Waals surface area contributed by atoms with Gasteiger partial charge in [0.05, 0.1) is 17.3 Å². The molecule has 0 amide bonds. The van der Waals surface area contributed by atoms with Crippen molar-refractivity contribution in [3.05, 3.63) is 41.4 Å². The number of benzene rings is 1. The Hall–Kier alpha value is -1.28. The molecule has 1 unspecified atom stereocenters. The fraction of sp³-hybridized carbons (Fsp3) is 0.579. The molecule has 3 rings (SSSR count). The number of halogens is 2. The van der Waals surface area contributed by atoms with E-state index in [-0.39, 0.29) is 5.82 Å². The molecule has 0 saturated carbocycles. The third kappa shape index (κ3) is 3.86. The molecule has 2 aliphatic rings. The Kier molecular flexibility index (Phi) is 5.27. The van der Waals surface area contributed by atoms with Gasteiger partial charge in [0.1, 0.15) is 11.5 Å². The first-order chi connectivity index (χ1) is 12.1. The Labute approximate surface area is 153 Å². The molecule has 2 aliphatic heterocycles. The van der Waals surface area contributed by atoms with Crippen molar-refractivity contribution in [3.63, 3.8) is 0 Å². The number of aliphatic hydroxyl groups excluding tert-OH is 1. The molecule has 1 aromatic carbocycles. The highest BCUT2D eigenvalue weighted by atomic mass is 19.1. The van der Waals surface area contributed by atoms with Gasteiger partial charge in [-0.15, -0.1) is 0 Å². The van der Waals surface area contributed by atoms with Crippen LogP contribution in [-0.4, -0.2) is 54.1 Å². The van der Waals surface area contributed by atoms with E-state index in [1.807, 2.05) is 32.6 Å². The fourth-order valence-electron chi connectivity index (χ4n) is 3.22. The molecule has 0 aromatic heterocycles. The van der Waals surface area contributed by atoms with Crippen molar-refractivity contribution >= 4 is 12.7 Å².